The van der Waals surface area contributed by atoms with Crippen LogP contribution in [-0.2, 0) is 0 Å². The van der Waals surface area contributed by atoms with Crippen molar-refractivity contribution in [2.45, 2.75) is 19.9 Å². The molecule has 0 bridgehead atoms. The molecule has 0 fully saturated rings. The Labute approximate surface area is 176 Å². The molecule has 154 valence electrons. The standard InChI is InChI=1S/C21H18ClF2N5O/c1-10-15(22)7-13(11(2)29-21-18-20(26-8-25-18)27-9-28-21)19(30-3)17(10)14-6-12(23)4-5-16(14)24/h4-9,11H,1-3H3,(H2,25,26,27,28,29). The number of aromatic amines is 1. The van der Waals surface area contributed by atoms with E-state index in [4.69, 9.17) is 16.3 Å². The van der Waals surface area contributed by atoms with E-state index in [1.165, 1.54) is 19.8 Å². The van der Waals surface area contributed by atoms with E-state index < -0.39 is 11.6 Å². The number of methoxy groups -OCH3 is 1. The fourth-order valence-electron chi connectivity index (χ4n) is 3.45. The Morgan fingerprint density at radius 1 is 1.17 bits per heavy atom. The minimum absolute atomic E-state index is 0.0806. The van der Waals surface area contributed by atoms with Crippen LogP contribution in [0.3, 0.4) is 0 Å². The van der Waals surface area contributed by atoms with Crippen molar-refractivity contribution in [3.05, 3.63) is 64.7 Å². The molecule has 4 aromatic rings. The van der Waals surface area contributed by atoms with Crippen LogP contribution in [0.15, 0.2) is 36.9 Å². The van der Waals surface area contributed by atoms with E-state index in [0.717, 1.165) is 18.2 Å². The van der Waals surface area contributed by atoms with Crippen LogP contribution in [0.4, 0.5) is 14.6 Å². The summed E-state index contributed by atoms with van der Waals surface area (Å²) in [6.07, 6.45) is 2.95. The molecule has 30 heavy (non-hydrogen) atoms. The van der Waals surface area contributed by atoms with Gasteiger partial charge < -0.3 is 15.0 Å². The van der Waals surface area contributed by atoms with Crippen LogP contribution in [0.5, 0.6) is 5.75 Å². The zero-order chi connectivity index (χ0) is 21.4. The van der Waals surface area contributed by atoms with Crippen LogP contribution in [0, 0.1) is 18.6 Å². The second-order valence-corrected chi connectivity index (χ2v) is 7.20. The number of H-pyrrole nitrogens is 1. The number of hydrogen-bond acceptors (Lipinski definition) is 5. The topological polar surface area (TPSA) is 75.7 Å². The molecule has 0 radical (unpaired) electrons. The van der Waals surface area contributed by atoms with E-state index in [0.29, 0.717) is 44.4 Å². The summed E-state index contributed by atoms with van der Waals surface area (Å²) in [5.74, 6) is -0.206. The van der Waals surface area contributed by atoms with Crippen molar-refractivity contribution >= 4 is 28.6 Å². The largest absolute Gasteiger partial charge is 0.496 e. The molecule has 1 unspecified atom stereocenters. The highest BCUT2D eigenvalue weighted by Crippen LogP contribution is 2.43. The molecule has 1 atom stereocenters. The Balaban J connectivity index is 1.85. The Hall–Kier alpha value is -3.26. The fourth-order valence-corrected chi connectivity index (χ4v) is 3.66. The first-order chi connectivity index (χ1) is 14.4. The van der Waals surface area contributed by atoms with E-state index in [9.17, 15) is 8.78 Å². The fraction of sp³-hybridized carbons (Fsp3) is 0.190. The van der Waals surface area contributed by atoms with Crippen LogP contribution in [-0.4, -0.2) is 27.0 Å². The number of halogens is 3. The molecule has 2 aromatic carbocycles. The molecule has 0 aliphatic rings. The lowest BCUT2D eigenvalue weighted by Crippen LogP contribution is -2.11. The van der Waals surface area contributed by atoms with Gasteiger partial charge in [-0.2, -0.15) is 0 Å². The van der Waals surface area contributed by atoms with Crippen molar-refractivity contribution in [1.29, 1.82) is 0 Å². The molecule has 0 amide bonds. The summed E-state index contributed by atoms with van der Waals surface area (Å²) in [5, 5.41) is 3.68. The first kappa shape index (κ1) is 20.0. The lowest BCUT2D eigenvalue weighted by molar-refractivity contribution is 0.409. The number of hydrogen-bond donors (Lipinski definition) is 2. The number of rotatable bonds is 5. The van der Waals surface area contributed by atoms with Gasteiger partial charge in [-0.15, -0.1) is 0 Å². The van der Waals surface area contributed by atoms with Crippen molar-refractivity contribution in [3.63, 3.8) is 0 Å². The van der Waals surface area contributed by atoms with Crippen molar-refractivity contribution in [2.75, 3.05) is 12.4 Å². The van der Waals surface area contributed by atoms with Crippen molar-refractivity contribution in [2.24, 2.45) is 0 Å². The number of imidazole rings is 1. The van der Waals surface area contributed by atoms with Gasteiger partial charge in [0.05, 0.1) is 19.5 Å². The van der Waals surface area contributed by atoms with Gasteiger partial charge in [-0.05, 0) is 43.7 Å². The predicted molar refractivity (Wildman–Crippen MR) is 112 cm³/mol. The van der Waals surface area contributed by atoms with Crippen molar-refractivity contribution in [1.82, 2.24) is 19.9 Å². The first-order valence-electron chi connectivity index (χ1n) is 9.13. The monoisotopic (exact) mass is 429 g/mol. The summed E-state index contributed by atoms with van der Waals surface area (Å²) < 4.78 is 34.1. The maximum atomic E-state index is 14.6. The Kier molecular flexibility index (Phi) is 5.26. The van der Waals surface area contributed by atoms with Gasteiger partial charge in [0.15, 0.2) is 11.5 Å². The smallest absolute Gasteiger partial charge is 0.162 e. The molecule has 0 saturated heterocycles. The zero-order valence-corrected chi connectivity index (χ0v) is 17.2. The van der Waals surface area contributed by atoms with Gasteiger partial charge in [0.2, 0.25) is 0 Å². The van der Waals surface area contributed by atoms with Crippen molar-refractivity contribution < 1.29 is 13.5 Å². The van der Waals surface area contributed by atoms with Gasteiger partial charge in [-0.3, -0.25) is 0 Å². The second kappa shape index (κ2) is 7.87. The van der Waals surface area contributed by atoms with Crippen LogP contribution in [0.2, 0.25) is 5.02 Å². The molecule has 9 heteroatoms. The maximum Gasteiger partial charge on any atom is 0.162 e. The number of ether oxygens (including phenoxy) is 1. The van der Waals surface area contributed by atoms with Gasteiger partial charge in [-0.1, -0.05) is 11.6 Å². The van der Waals surface area contributed by atoms with Crippen molar-refractivity contribution in [3.8, 4) is 16.9 Å². The first-order valence-corrected chi connectivity index (χ1v) is 9.51. The molecule has 0 aliphatic heterocycles. The molecule has 2 aromatic heterocycles. The van der Waals surface area contributed by atoms with Crippen LogP contribution in [0.25, 0.3) is 22.3 Å². The van der Waals surface area contributed by atoms with Gasteiger partial charge >= 0.3 is 0 Å². The van der Waals surface area contributed by atoms with E-state index >= 15 is 0 Å². The van der Waals surface area contributed by atoms with Crippen LogP contribution in [0.1, 0.15) is 24.1 Å². The molecule has 2 N–H and O–H groups in total. The number of fused-ring (bicyclic) bond motifs is 1. The normalized spacial score (nSPS) is 12.2. The summed E-state index contributed by atoms with van der Waals surface area (Å²) >= 11 is 6.47. The molecule has 0 aliphatic carbocycles. The van der Waals surface area contributed by atoms with E-state index in [1.54, 1.807) is 13.0 Å². The number of anilines is 1. The van der Waals surface area contributed by atoms with Crippen LogP contribution < -0.4 is 10.1 Å². The zero-order valence-electron chi connectivity index (χ0n) is 16.4. The number of aromatic nitrogens is 4. The third-order valence-corrected chi connectivity index (χ3v) is 5.34. The molecule has 4 rings (SSSR count). The van der Waals surface area contributed by atoms with E-state index in [2.05, 4.69) is 25.3 Å². The Bertz CT molecular complexity index is 1240. The number of nitrogens with one attached hydrogen (secondary N) is 2. The highest BCUT2D eigenvalue weighted by Gasteiger charge is 2.23. The lowest BCUT2D eigenvalue weighted by atomic mass is 9.93. The third-order valence-electron chi connectivity index (χ3n) is 4.94. The predicted octanol–water partition coefficient (Wildman–Crippen LogP) is 5.44. The minimum atomic E-state index is -0.569. The summed E-state index contributed by atoms with van der Waals surface area (Å²) in [5.41, 5.74) is 2.91. The quantitative estimate of drug-likeness (QED) is 0.441. The van der Waals surface area contributed by atoms with Gasteiger partial charge in [0.25, 0.3) is 0 Å². The van der Waals surface area contributed by atoms with E-state index in [1.807, 2.05) is 6.92 Å². The summed E-state index contributed by atoms with van der Waals surface area (Å²) in [7, 11) is 1.48. The van der Waals surface area contributed by atoms with Crippen LogP contribution >= 0.6 is 11.6 Å². The highest BCUT2D eigenvalue weighted by atomic mass is 35.5. The van der Waals surface area contributed by atoms with Gasteiger partial charge in [0, 0.05) is 21.7 Å². The Morgan fingerprint density at radius 3 is 2.73 bits per heavy atom. The summed E-state index contributed by atoms with van der Waals surface area (Å²) in [4.78, 5) is 15.5. The average Bonchev–Trinajstić information content (AvgIpc) is 3.21. The second-order valence-electron chi connectivity index (χ2n) is 6.79. The molecule has 0 saturated carbocycles. The summed E-state index contributed by atoms with van der Waals surface area (Å²) in [6, 6.07) is 4.69. The maximum absolute atomic E-state index is 14.6. The van der Waals surface area contributed by atoms with E-state index in [-0.39, 0.29) is 11.6 Å². The molecule has 2 heterocycles. The highest BCUT2D eigenvalue weighted by molar-refractivity contribution is 6.32. The minimum Gasteiger partial charge on any atom is -0.496 e. The van der Waals surface area contributed by atoms with Gasteiger partial charge in [0.1, 0.15) is 29.2 Å². The molecular weight excluding hydrogens is 412 g/mol. The summed E-state index contributed by atoms with van der Waals surface area (Å²) in [6.45, 7) is 3.62. The number of benzene rings is 2. The molecular formula is C21H18ClF2N5O. The average molecular weight is 430 g/mol. The molecule has 0 spiro atoms. The van der Waals surface area contributed by atoms with Gasteiger partial charge in [-0.25, -0.2) is 23.7 Å². The Morgan fingerprint density at radius 2 is 1.97 bits per heavy atom. The lowest BCUT2D eigenvalue weighted by Gasteiger charge is -2.23. The third kappa shape index (κ3) is 3.43. The number of nitrogens with zero attached hydrogens (tertiary/aromatic N) is 3. The molecule has 6 nitrogen and oxygen atoms in total. The SMILES string of the molecule is COc1c(C(C)Nc2ncnc3[nH]cnc23)cc(Cl)c(C)c1-c1cc(F)ccc1F.